The van der Waals surface area contributed by atoms with Crippen LogP contribution in [0.15, 0.2) is 0 Å². The second kappa shape index (κ2) is 8.80. The van der Waals surface area contributed by atoms with Crippen molar-refractivity contribution in [3.05, 3.63) is 0 Å². The topological polar surface area (TPSA) is 53.0 Å². The van der Waals surface area contributed by atoms with E-state index in [0.29, 0.717) is 15.1 Å². The summed E-state index contributed by atoms with van der Waals surface area (Å²) in [5.74, 6) is -0.195. The fraction of sp³-hybridized carbons (Fsp3) is 0.938. The zero-order chi connectivity index (χ0) is 17.7. The molecule has 0 aromatic carbocycles. The van der Waals surface area contributed by atoms with Gasteiger partial charge in [-0.1, -0.05) is 20.8 Å². The Kier molecular flexibility index (Phi) is 7.99. The van der Waals surface area contributed by atoms with E-state index in [1.807, 2.05) is 13.6 Å². The first-order valence-corrected chi connectivity index (χ1v) is 9.82. The van der Waals surface area contributed by atoms with E-state index in [4.69, 9.17) is 12.7 Å². The van der Waals surface area contributed by atoms with Gasteiger partial charge in [-0.25, -0.2) is 0 Å². The summed E-state index contributed by atoms with van der Waals surface area (Å²) >= 11 is 0. The van der Waals surface area contributed by atoms with Gasteiger partial charge in [0.1, 0.15) is 12.7 Å². The van der Waals surface area contributed by atoms with Crippen molar-refractivity contribution >= 4 is 22.5 Å². The highest BCUT2D eigenvalue weighted by molar-refractivity contribution is 7.40. The van der Waals surface area contributed by atoms with Crippen LogP contribution >= 0.6 is 8.58 Å². The summed E-state index contributed by atoms with van der Waals surface area (Å²) in [5, 5.41) is 9.66. The van der Waals surface area contributed by atoms with Gasteiger partial charge in [0, 0.05) is 19.6 Å². The largest absolute Gasteiger partial charge is 0.462 e. The van der Waals surface area contributed by atoms with Crippen LogP contribution in [0.4, 0.5) is 0 Å². The molecule has 3 unspecified atom stereocenters. The van der Waals surface area contributed by atoms with Gasteiger partial charge in [0.05, 0.1) is 5.16 Å². The smallest absolute Gasteiger partial charge is 0.315 e. The molecule has 1 fully saturated rings. The molecule has 0 aliphatic carbocycles. The zero-order valence-corrected chi connectivity index (χ0v) is 16.3. The van der Waals surface area contributed by atoms with Crippen LogP contribution in [-0.2, 0) is 9.53 Å². The minimum absolute atomic E-state index is 0.0614. The number of β-amino-alcohol motifs (C(OH)–C–C–N with tert-alkyl or cyclic N) is 1. The molecule has 1 saturated heterocycles. The standard InChI is InChI=1S/C16H32BN2O3P/c1-15(2,3)12-16(4,23-5)14(21)22-11-13(20)10-18-6-8-19(17)9-7-18/h13,20,23H,6-12H2,1-5H3. The first-order chi connectivity index (χ1) is 10.6. The average Bonchev–Trinajstić information content (AvgIpc) is 2.45. The summed E-state index contributed by atoms with van der Waals surface area (Å²) in [5.41, 5.74) is 0.0668. The summed E-state index contributed by atoms with van der Waals surface area (Å²) in [6, 6.07) is 0. The Morgan fingerprint density at radius 2 is 1.83 bits per heavy atom. The van der Waals surface area contributed by atoms with Crippen molar-refractivity contribution in [3.63, 3.8) is 0 Å². The highest BCUT2D eigenvalue weighted by atomic mass is 31.1. The molecule has 0 amide bonds. The van der Waals surface area contributed by atoms with Crippen molar-refractivity contribution < 1.29 is 14.6 Å². The van der Waals surface area contributed by atoms with Crippen LogP contribution in [0.1, 0.15) is 34.1 Å². The number of hydrogen-bond acceptors (Lipinski definition) is 5. The lowest BCUT2D eigenvalue weighted by atomic mass is 9.85. The van der Waals surface area contributed by atoms with Gasteiger partial charge in [-0.15, -0.1) is 8.58 Å². The molecule has 3 atom stereocenters. The number of aliphatic hydroxyl groups is 1. The zero-order valence-electron chi connectivity index (χ0n) is 15.3. The van der Waals surface area contributed by atoms with Crippen LogP contribution < -0.4 is 0 Å². The van der Waals surface area contributed by atoms with Crippen molar-refractivity contribution in [3.8, 4) is 0 Å². The van der Waals surface area contributed by atoms with E-state index in [0.717, 1.165) is 32.6 Å². The molecule has 1 heterocycles. The van der Waals surface area contributed by atoms with E-state index < -0.39 is 11.3 Å². The molecule has 0 aromatic rings. The highest BCUT2D eigenvalue weighted by Crippen LogP contribution is 2.40. The van der Waals surface area contributed by atoms with Crippen molar-refractivity contribution in [1.82, 2.24) is 9.71 Å². The van der Waals surface area contributed by atoms with Crippen molar-refractivity contribution in [2.75, 3.05) is 46.0 Å². The number of aliphatic hydroxyl groups excluding tert-OH is 1. The SMILES string of the molecule is [B]N1CCN(CC(O)COC(=O)C(C)(CC(C)(C)C)PC)CC1. The summed E-state index contributed by atoms with van der Waals surface area (Å²) in [7, 11) is 6.19. The maximum atomic E-state index is 12.5. The molecule has 132 valence electrons. The monoisotopic (exact) mass is 342 g/mol. The number of hydrogen-bond donors (Lipinski definition) is 1. The molecule has 5 nitrogen and oxygen atoms in total. The van der Waals surface area contributed by atoms with Crippen LogP contribution in [0.3, 0.4) is 0 Å². The second-order valence-electron chi connectivity index (χ2n) is 7.91. The third kappa shape index (κ3) is 7.51. The minimum atomic E-state index is -0.651. The quantitative estimate of drug-likeness (QED) is 0.427. The maximum Gasteiger partial charge on any atom is 0.315 e. The summed E-state index contributed by atoms with van der Waals surface area (Å²) in [4.78, 5) is 16.4. The number of esters is 1. The average molecular weight is 342 g/mol. The maximum absolute atomic E-state index is 12.5. The Hall–Kier alpha value is -0.155. The van der Waals surface area contributed by atoms with Gasteiger partial charge in [0.25, 0.3) is 0 Å². The van der Waals surface area contributed by atoms with E-state index in [-0.39, 0.29) is 18.0 Å². The number of piperazine rings is 1. The lowest BCUT2D eigenvalue weighted by Gasteiger charge is -2.35. The first kappa shape index (κ1) is 20.9. The fourth-order valence-electron chi connectivity index (χ4n) is 2.95. The summed E-state index contributed by atoms with van der Waals surface area (Å²) < 4.78 is 5.42. The molecule has 1 aliphatic heterocycles. The van der Waals surface area contributed by atoms with Crippen LogP contribution in [-0.4, -0.2) is 86.0 Å². The van der Waals surface area contributed by atoms with E-state index in [2.05, 4.69) is 25.7 Å². The van der Waals surface area contributed by atoms with Gasteiger partial charge in [-0.3, -0.25) is 9.69 Å². The summed E-state index contributed by atoms with van der Waals surface area (Å²) in [6.45, 7) is 14.2. The third-order valence-electron chi connectivity index (χ3n) is 4.17. The van der Waals surface area contributed by atoms with Gasteiger partial charge in [0.15, 0.2) is 7.98 Å². The van der Waals surface area contributed by atoms with Crippen molar-refractivity contribution in [2.45, 2.75) is 45.4 Å². The number of carbonyl (C=O) groups excluding carboxylic acids is 1. The van der Waals surface area contributed by atoms with Gasteiger partial charge < -0.3 is 14.7 Å². The van der Waals surface area contributed by atoms with E-state index in [9.17, 15) is 9.90 Å². The van der Waals surface area contributed by atoms with Gasteiger partial charge in [-0.05, 0) is 38.5 Å². The van der Waals surface area contributed by atoms with Crippen molar-refractivity contribution in [2.24, 2.45) is 5.41 Å². The Morgan fingerprint density at radius 3 is 2.30 bits per heavy atom. The molecule has 7 heteroatoms. The Balaban J connectivity index is 2.41. The molecule has 0 bridgehead atoms. The predicted octanol–water partition coefficient (Wildman–Crippen LogP) is 1.09. The molecule has 1 aliphatic rings. The Labute approximate surface area is 144 Å². The lowest BCUT2D eigenvalue weighted by molar-refractivity contribution is -0.150. The normalized spacial score (nSPS) is 22.2. The van der Waals surface area contributed by atoms with Gasteiger partial charge >= 0.3 is 5.97 Å². The van der Waals surface area contributed by atoms with Crippen LogP contribution in [0.2, 0.25) is 0 Å². The van der Waals surface area contributed by atoms with Crippen LogP contribution in [0.5, 0.6) is 0 Å². The predicted molar refractivity (Wildman–Crippen MR) is 97.4 cm³/mol. The van der Waals surface area contributed by atoms with Crippen LogP contribution in [0, 0.1) is 5.41 Å². The molecular formula is C16H32BN2O3P. The Bertz CT molecular complexity index is 384. The molecule has 1 rings (SSSR count). The van der Waals surface area contributed by atoms with E-state index >= 15 is 0 Å². The molecule has 0 aromatic heterocycles. The molecule has 0 saturated carbocycles. The molecule has 1 N–H and O–H groups in total. The number of ether oxygens (including phenoxy) is 1. The van der Waals surface area contributed by atoms with Crippen LogP contribution in [0.25, 0.3) is 0 Å². The number of carbonyl (C=O) groups is 1. The third-order valence-corrected chi connectivity index (χ3v) is 5.65. The Morgan fingerprint density at radius 1 is 1.26 bits per heavy atom. The minimum Gasteiger partial charge on any atom is -0.462 e. The van der Waals surface area contributed by atoms with Gasteiger partial charge in [-0.2, -0.15) is 0 Å². The molecule has 23 heavy (non-hydrogen) atoms. The van der Waals surface area contributed by atoms with Crippen molar-refractivity contribution in [1.29, 1.82) is 0 Å². The number of nitrogens with zero attached hydrogens (tertiary/aromatic N) is 2. The fourth-order valence-corrected chi connectivity index (χ4v) is 3.93. The van der Waals surface area contributed by atoms with E-state index in [1.165, 1.54) is 0 Å². The lowest BCUT2D eigenvalue weighted by Crippen LogP contribution is -2.48. The molecular weight excluding hydrogens is 310 g/mol. The molecule has 0 spiro atoms. The second-order valence-corrected chi connectivity index (χ2v) is 9.51. The van der Waals surface area contributed by atoms with Gasteiger partial charge in [0.2, 0.25) is 0 Å². The highest BCUT2D eigenvalue weighted by Gasteiger charge is 2.37. The van der Waals surface area contributed by atoms with E-state index in [1.54, 1.807) is 4.81 Å². The first-order valence-electron chi connectivity index (χ1n) is 8.32. The molecule has 2 radical (unpaired) electrons. The number of rotatable bonds is 7. The summed E-state index contributed by atoms with van der Waals surface area (Å²) in [6.07, 6.45) is 0.129.